The third-order valence-electron chi connectivity index (χ3n) is 2.79. The average molecular weight is 177 g/mol. The van der Waals surface area contributed by atoms with Crippen LogP contribution in [0.3, 0.4) is 0 Å². The smallest absolute Gasteiger partial charge is 0.323 e. The van der Waals surface area contributed by atoms with Crippen LogP contribution in [-0.4, -0.2) is 35.1 Å². The summed E-state index contributed by atoms with van der Waals surface area (Å²) in [6.07, 6.45) is 7.41. The first kappa shape index (κ1) is 7.00. The molecular formula is C9H11N3O. The van der Waals surface area contributed by atoms with Crippen LogP contribution in [0.2, 0.25) is 0 Å². The van der Waals surface area contributed by atoms with Gasteiger partial charge in [-0.25, -0.2) is 4.79 Å². The van der Waals surface area contributed by atoms with E-state index in [9.17, 15) is 4.79 Å². The van der Waals surface area contributed by atoms with Crippen LogP contribution in [0.15, 0.2) is 24.0 Å². The second-order valence-electron chi connectivity index (χ2n) is 3.52. The number of allylic oxidation sites excluding steroid dienone is 1. The van der Waals surface area contributed by atoms with Gasteiger partial charge in [0.25, 0.3) is 0 Å². The molecule has 4 nitrogen and oxygen atoms in total. The van der Waals surface area contributed by atoms with Crippen molar-refractivity contribution in [3.63, 3.8) is 0 Å². The summed E-state index contributed by atoms with van der Waals surface area (Å²) in [6.45, 7) is 1.73. The number of carbonyl (C=O) groups is 1. The van der Waals surface area contributed by atoms with Gasteiger partial charge in [-0.05, 0) is 6.08 Å². The van der Waals surface area contributed by atoms with Crippen molar-refractivity contribution >= 4 is 6.03 Å². The van der Waals surface area contributed by atoms with E-state index in [0.29, 0.717) is 0 Å². The normalized spacial score (nSPS) is 30.0. The lowest BCUT2D eigenvalue weighted by Crippen LogP contribution is -2.52. The molecule has 3 aliphatic heterocycles. The molecule has 0 aliphatic carbocycles. The Hall–Kier alpha value is -1.45. The van der Waals surface area contributed by atoms with E-state index in [-0.39, 0.29) is 12.2 Å². The van der Waals surface area contributed by atoms with Gasteiger partial charge in [0.15, 0.2) is 0 Å². The minimum Gasteiger partial charge on any atom is -0.346 e. The highest BCUT2D eigenvalue weighted by Crippen LogP contribution is 2.30. The van der Waals surface area contributed by atoms with E-state index >= 15 is 0 Å². The summed E-state index contributed by atoms with van der Waals surface area (Å²) in [7, 11) is 0. The third-order valence-corrected chi connectivity index (χ3v) is 2.79. The molecule has 68 valence electrons. The molecule has 1 fully saturated rings. The molecule has 1 saturated heterocycles. The number of urea groups is 1. The lowest BCUT2D eigenvalue weighted by atomic mass is 10.2. The molecule has 1 unspecified atom stereocenters. The van der Waals surface area contributed by atoms with Crippen molar-refractivity contribution in [1.82, 2.24) is 15.1 Å². The fourth-order valence-electron chi connectivity index (χ4n) is 2.17. The van der Waals surface area contributed by atoms with Crippen molar-refractivity contribution in [2.45, 2.75) is 12.6 Å². The summed E-state index contributed by atoms with van der Waals surface area (Å²) in [5, 5.41) is 2.83. The highest BCUT2D eigenvalue weighted by Gasteiger charge is 2.37. The Kier molecular flexibility index (Phi) is 1.23. The van der Waals surface area contributed by atoms with E-state index in [0.717, 1.165) is 19.5 Å². The fraction of sp³-hybridized carbons (Fsp3) is 0.444. The number of carbonyl (C=O) groups excluding carboxylic acids is 1. The van der Waals surface area contributed by atoms with Gasteiger partial charge in [-0.15, -0.1) is 0 Å². The highest BCUT2D eigenvalue weighted by molar-refractivity contribution is 5.77. The quantitative estimate of drug-likeness (QED) is 0.583. The van der Waals surface area contributed by atoms with E-state index < -0.39 is 0 Å². The summed E-state index contributed by atoms with van der Waals surface area (Å²) in [5.41, 5.74) is 1.17. The molecule has 1 atom stereocenters. The second-order valence-corrected chi connectivity index (χ2v) is 3.52. The average Bonchev–Trinajstić information content (AvgIpc) is 2.65. The van der Waals surface area contributed by atoms with Crippen LogP contribution >= 0.6 is 0 Å². The molecule has 13 heavy (non-hydrogen) atoms. The molecule has 0 saturated carbocycles. The third kappa shape index (κ3) is 0.826. The van der Waals surface area contributed by atoms with E-state index in [4.69, 9.17) is 0 Å². The van der Waals surface area contributed by atoms with Crippen molar-refractivity contribution in [2.24, 2.45) is 0 Å². The van der Waals surface area contributed by atoms with Crippen molar-refractivity contribution in [2.75, 3.05) is 13.1 Å². The van der Waals surface area contributed by atoms with Crippen LogP contribution in [0.4, 0.5) is 4.79 Å². The molecule has 0 aromatic rings. The minimum atomic E-state index is 0.0338. The van der Waals surface area contributed by atoms with Gasteiger partial charge in [-0.3, -0.25) is 4.90 Å². The van der Waals surface area contributed by atoms with E-state index in [2.05, 4.69) is 22.4 Å². The number of amides is 2. The SMILES string of the molecule is O=C1NCCC2N1C=C1C=CCN12. The summed E-state index contributed by atoms with van der Waals surface area (Å²) >= 11 is 0. The van der Waals surface area contributed by atoms with Crippen LogP contribution in [0.5, 0.6) is 0 Å². The standard InChI is InChI=1S/C9H11N3O/c13-9-10-4-3-8-11-5-1-2-7(11)6-12(8)9/h1-2,6,8H,3-5H2,(H,10,13). The van der Waals surface area contributed by atoms with Gasteiger partial charge in [0.2, 0.25) is 0 Å². The van der Waals surface area contributed by atoms with Crippen molar-refractivity contribution in [3.05, 3.63) is 24.0 Å². The summed E-state index contributed by atoms with van der Waals surface area (Å²) in [6, 6.07) is 0.0338. The first-order valence-corrected chi connectivity index (χ1v) is 4.57. The Morgan fingerprint density at radius 3 is 3.38 bits per heavy atom. The summed E-state index contributed by atoms with van der Waals surface area (Å²) in [5.74, 6) is 0. The molecule has 0 bridgehead atoms. The highest BCUT2D eigenvalue weighted by atomic mass is 16.2. The molecule has 3 aliphatic rings. The number of nitrogens with zero attached hydrogens (tertiary/aromatic N) is 2. The Morgan fingerprint density at radius 1 is 1.54 bits per heavy atom. The molecule has 3 rings (SSSR count). The minimum absolute atomic E-state index is 0.0338. The first-order valence-electron chi connectivity index (χ1n) is 4.57. The second kappa shape index (κ2) is 2.28. The van der Waals surface area contributed by atoms with Gasteiger partial charge in [0, 0.05) is 25.7 Å². The van der Waals surface area contributed by atoms with Crippen LogP contribution in [0.25, 0.3) is 0 Å². The lowest BCUT2D eigenvalue weighted by molar-refractivity contribution is 0.135. The predicted octanol–water partition coefficient (Wildman–Crippen LogP) is 0.455. The summed E-state index contributed by atoms with van der Waals surface area (Å²) in [4.78, 5) is 15.5. The maximum absolute atomic E-state index is 11.4. The van der Waals surface area contributed by atoms with E-state index in [1.54, 1.807) is 4.90 Å². The first-order chi connectivity index (χ1) is 6.36. The zero-order valence-electron chi connectivity index (χ0n) is 7.23. The summed E-state index contributed by atoms with van der Waals surface area (Å²) < 4.78 is 0. The molecule has 3 heterocycles. The zero-order valence-corrected chi connectivity index (χ0v) is 7.23. The topological polar surface area (TPSA) is 35.6 Å². The Balaban J connectivity index is 1.96. The number of fused-ring (bicyclic) bond motifs is 3. The van der Waals surface area contributed by atoms with Crippen LogP contribution < -0.4 is 5.32 Å². The van der Waals surface area contributed by atoms with Crippen molar-refractivity contribution in [1.29, 1.82) is 0 Å². The lowest BCUT2D eigenvalue weighted by Gasteiger charge is -2.34. The molecule has 0 aromatic heterocycles. The van der Waals surface area contributed by atoms with E-state index in [1.807, 2.05) is 6.20 Å². The van der Waals surface area contributed by atoms with Gasteiger partial charge in [0.1, 0.15) is 6.17 Å². The number of nitrogens with one attached hydrogen (secondary N) is 1. The van der Waals surface area contributed by atoms with Gasteiger partial charge < -0.3 is 10.2 Å². The van der Waals surface area contributed by atoms with Crippen molar-refractivity contribution < 1.29 is 4.79 Å². The van der Waals surface area contributed by atoms with Crippen LogP contribution in [0.1, 0.15) is 6.42 Å². The molecule has 0 radical (unpaired) electrons. The fourth-order valence-corrected chi connectivity index (χ4v) is 2.17. The van der Waals surface area contributed by atoms with Gasteiger partial charge >= 0.3 is 6.03 Å². The van der Waals surface area contributed by atoms with Gasteiger partial charge in [-0.1, -0.05) is 6.08 Å². The number of hydrogen-bond donors (Lipinski definition) is 1. The van der Waals surface area contributed by atoms with Gasteiger partial charge in [0.05, 0.1) is 5.70 Å². The number of hydrogen-bond acceptors (Lipinski definition) is 2. The molecule has 0 spiro atoms. The maximum atomic E-state index is 11.4. The molecule has 0 aromatic carbocycles. The van der Waals surface area contributed by atoms with Crippen LogP contribution in [-0.2, 0) is 0 Å². The Labute approximate surface area is 76.5 Å². The van der Waals surface area contributed by atoms with Crippen LogP contribution in [0, 0.1) is 0 Å². The monoisotopic (exact) mass is 177 g/mol. The Bertz CT molecular complexity index is 321. The Morgan fingerprint density at radius 2 is 2.46 bits per heavy atom. The molecule has 1 N–H and O–H groups in total. The number of rotatable bonds is 0. The zero-order chi connectivity index (χ0) is 8.84. The largest absolute Gasteiger partial charge is 0.346 e. The van der Waals surface area contributed by atoms with Gasteiger partial charge in [-0.2, -0.15) is 0 Å². The molecule has 2 amide bonds. The van der Waals surface area contributed by atoms with E-state index in [1.165, 1.54) is 5.70 Å². The molecular weight excluding hydrogens is 166 g/mol. The van der Waals surface area contributed by atoms with Crippen molar-refractivity contribution in [3.8, 4) is 0 Å². The maximum Gasteiger partial charge on any atom is 0.323 e. The predicted molar refractivity (Wildman–Crippen MR) is 47.6 cm³/mol. The molecule has 4 heteroatoms.